The molecule has 1 N–H and O–H groups in total. The highest BCUT2D eigenvalue weighted by atomic mass is 19.1. The molecule has 1 aromatic carbocycles. The summed E-state index contributed by atoms with van der Waals surface area (Å²) >= 11 is 0. The number of likely N-dealkylation sites (N-methyl/N-ethyl adjacent to an activating group) is 1. The van der Waals surface area contributed by atoms with E-state index in [9.17, 15) is 13.6 Å². The van der Waals surface area contributed by atoms with E-state index in [0.717, 1.165) is 38.3 Å². The van der Waals surface area contributed by atoms with Crippen LogP contribution >= 0.6 is 0 Å². The van der Waals surface area contributed by atoms with E-state index in [4.69, 9.17) is 0 Å². The summed E-state index contributed by atoms with van der Waals surface area (Å²) in [6.45, 7) is 3.47. The molecule has 1 aromatic heterocycles. The van der Waals surface area contributed by atoms with Crippen LogP contribution in [-0.4, -0.2) is 54.0 Å². The number of rotatable bonds is 4. The van der Waals surface area contributed by atoms with Gasteiger partial charge >= 0.3 is 0 Å². The molecule has 8 heteroatoms. The van der Waals surface area contributed by atoms with E-state index < -0.39 is 17.5 Å². The van der Waals surface area contributed by atoms with Crippen molar-refractivity contribution in [1.82, 2.24) is 20.2 Å². The van der Waals surface area contributed by atoms with Crippen LogP contribution in [0.15, 0.2) is 30.6 Å². The van der Waals surface area contributed by atoms with Crippen LogP contribution in [0.1, 0.15) is 16.1 Å². The van der Waals surface area contributed by atoms with Gasteiger partial charge in [-0.3, -0.25) is 4.79 Å². The number of piperazine rings is 1. The molecule has 1 fully saturated rings. The van der Waals surface area contributed by atoms with E-state index >= 15 is 0 Å². The Morgan fingerprint density at radius 1 is 1.16 bits per heavy atom. The van der Waals surface area contributed by atoms with Crippen LogP contribution in [0, 0.1) is 11.6 Å². The fourth-order valence-corrected chi connectivity index (χ4v) is 2.61. The van der Waals surface area contributed by atoms with E-state index in [1.807, 2.05) is 0 Å². The Balaban J connectivity index is 1.65. The largest absolute Gasteiger partial charge is 0.354 e. The fourth-order valence-electron chi connectivity index (χ4n) is 2.61. The maximum absolute atomic E-state index is 13.6. The molecule has 0 saturated carbocycles. The average Bonchev–Trinajstić information content (AvgIpc) is 2.61. The summed E-state index contributed by atoms with van der Waals surface area (Å²) in [4.78, 5) is 24.8. The zero-order valence-corrected chi connectivity index (χ0v) is 13.9. The Labute approximate surface area is 144 Å². The standard InChI is InChI=1S/C17H19F2N5O/c1-23-4-6-24(7-5-23)16-9-15(21-11-22-16)17(25)20-10-12-2-3-13(18)8-14(12)19/h2-3,8-9,11H,4-7,10H2,1H3,(H,20,25). The van der Waals surface area contributed by atoms with Gasteiger partial charge in [0.2, 0.25) is 0 Å². The number of nitrogens with zero attached hydrogens (tertiary/aromatic N) is 4. The molecule has 0 unspecified atom stereocenters. The highest BCUT2D eigenvalue weighted by Gasteiger charge is 2.17. The number of carbonyl (C=O) groups excluding carboxylic acids is 1. The van der Waals surface area contributed by atoms with Crippen LogP contribution in [0.5, 0.6) is 0 Å². The molecule has 1 saturated heterocycles. The number of aromatic nitrogens is 2. The number of amides is 1. The van der Waals surface area contributed by atoms with E-state index in [1.54, 1.807) is 6.07 Å². The van der Waals surface area contributed by atoms with Gasteiger partial charge in [0.15, 0.2) is 0 Å². The molecule has 2 heterocycles. The Bertz CT molecular complexity index is 762. The molecule has 0 aliphatic carbocycles. The van der Waals surface area contributed by atoms with Gasteiger partial charge in [-0.05, 0) is 13.1 Å². The number of anilines is 1. The SMILES string of the molecule is CN1CCN(c2cc(C(=O)NCc3ccc(F)cc3F)ncn2)CC1. The number of benzene rings is 1. The number of hydrogen-bond acceptors (Lipinski definition) is 5. The summed E-state index contributed by atoms with van der Waals surface area (Å²) in [6.07, 6.45) is 1.35. The first-order chi connectivity index (χ1) is 12.0. The first kappa shape index (κ1) is 17.2. The van der Waals surface area contributed by atoms with Crippen LogP contribution in [0.2, 0.25) is 0 Å². The zero-order chi connectivity index (χ0) is 17.8. The molecule has 1 amide bonds. The molecule has 1 aliphatic rings. The number of hydrogen-bond donors (Lipinski definition) is 1. The van der Waals surface area contributed by atoms with Gasteiger partial charge in [0.05, 0.1) is 0 Å². The lowest BCUT2D eigenvalue weighted by Crippen LogP contribution is -2.44. The van der Waals surface area contributed by atoms with Gasteiger partial charge in [-0.2, -0.15) is 0 Å². The minimum atomic E-state index is -0.693. The number of carbonyl (C=O) groups is 1. The smallest absolute Gasteiger partial charge is 0.270 e. The van der Waals surface area contributed by atoms with Crippen molar-refractivity contribution in [3.8, 4) is 0 Å². The molecular formula is C17H19F2N5O. The number of halogens is 2. The first-order valence-corrected chi connectivity index (χ1v) is 8.00. The van der Waals surface area contributed by atoms with Crippen molar-refractivity contribution >= 4 is 11.7 Å². The highest BCUT2D eigenvalue weighted by Crippen LogP contribution is 2.14. The molecule has 0 spiro atoms. The summed E-state index contributed by atoms with van der Waals surface area (Å²) in [5, 5.41) is 2.59. The monoisotopic (exact) mass is 347 g/mol. The van der Waals surface area contributed by atoms with Crippen molar-refractivity contribution in [2.24, 2.45) is 0 Å². The second kappa shape index (κ2) is 7.52. The Hall–Kier alpha value is -2.61. The molecule has 2 aromatic rings. The van der Waals surface area contributed by atoms with E-state index in [2.05, 4.69) is 32.1 Å². The minimum Gasteiger partial charge on any atom is -0.354 e. The topological polar surface area (TPSA) is 61.4 Å². The second-order valence-corrected chi connectivity index (χ2v) is 5.97. The van der Waals surface area contributed by atoms with Crippen LogP contribution in [0.25, 0.3) is 0 Å². The molecule has 0 atom stereocenters. The van der Waals surface area contributed by atoms with Gasteiger partial charge in [-0.15, -0.1) is 0 Å². The molecule has 3 rings (SSSR count). The third-order valence-corrected chi connectivity index (χ3v) is 4.17. The van der Waals surface area contributed by atoms with Gasteiger partial charge in [0, 0.05) is 50.4 Å². The van der Waals surface area contributed by atoms with Crippen LogP contribution in [-0.2, 0) is 6.54 Å². The second-order valence-electron chi connectivity index (χ2n) is 5.97. The zero-order valence-electron chi connectivity index (χ0n) is 13.9. The maximum atomic E-state index is 13.6. The summed E-state index contributed by atoms with van der Waals surface area (Å²) in [5.41, 5.74) is 0.426. The van der Waals surface area contributed by atoms with Gasteiger partial charge in [-0.25, -0.2) is 18.7 Å². The van der Waals surface area contributed by atoms with Crippen molar-refractivity contribution in [3.05, 3.63) is 53.5 Å². The van der Waals surface area contributed by atoms with Crippen molar-refractivity contribution < 1.29 is 13.6 Å². The van der Waals surface area contributed by atoms with Crippen molar-refractivity contribution in [3.63, 3.8) is 0 Å². The predicted molar refractivity (Wildman–Crippen MR) is 89.3 cm³/mol. The van der Waals surface area contributed by atoms with Crippen molar-refractivity contribution in [2.45, 2.75) is 6.54 Å². The van der Waals surface area contributed by atoms with Crippen LogP contribution in [0.3, 0.4) is 0 Å². The normalized spacial score (nSPS) is 15.2. The third kappa shape index (κ3) is 4.27. The third-order valence-electron chi connectivity index (χ3n) is 4.17. The summed E-state index contributed by atoms with van der Waals surface area (Å²) < 4.78 is 26.5. The average molecular weight is 347 g/mol. The van der Waals surface area contributed by atoms with E-state index in [-0.39, 0.29) is 17.8 Å². The molecule has 6 nitrogen and oxygen atoms in total. The lowest BCUT2D eigenvalue weighted by atomic mass is 10.2. The molecular weight excluding hydrogens is 328 g/mol. The maximum Gasteiger partial charge on any atom is 0.270 e. The van der Waals surface area contributed by atoms with E-state index in [1.165, 1.54) is 12.4 Å². The quantitative estimate of drug-likeness (QED) is 0.907. The van der Waals surface area contributed by atoms with Crippen molar-refractivity contribution in [1.29, 1.82) is 0 Å². The summed E-state index contributed by atoms with van der Waals surface area (Å²) in [6, 6.07) is 4.88. The van der Waals surface area contributed by atoms with Gasteiger partial charge in [-0.1, -0.05) is 6.07 Å². The molecule has 0 bridgehead atoms. The van der Waals surface area contributed by atoms with Crippen LogP contribution < -0.4 is 10.2 Å². The first-order valence-electron chi connectivity index (χ1n) is 8.00. The highest BCUT2D eigenvalue weighted by molar-refractivity contribution is 5.92. The van der Waals surface area contributed by atoms with Gasteiger partial charge in [0.25, 0.3) is 5.91 Å². The minimum absolute atomic E-state index is 0.0429. The number of nitrogens with one attached hydrogen (secondary N) is 1. The van der Waals surface area contributed by atoms with Crippen molar-refractivity contribution in [2.75, 3.05) is 38.1 Å². The van der Waals surface area contributed by atoms with E-state index in [0.29, 0.717) is 5.82 Å². The Morgan fingerprint density at radius 2 is 1.92 bits per heavy atom. The molecule has 1 aliphatic heterocycles. The summed E-state index contributed by atoms with van der Waals surface area (Å²) in [5.74, 6) is -1.08. The molecule has 0 radical (unpaired) electrons. The lowest BCUT2D eigenvalue weighted by molar-refractivity contribution is 0.0945. The predicted octanol–water partition coefficient (Wildman–Crippen LogP) is 1.44. The van der Waals surface area contributed by atoms with Gasteiger partial charge < -0.3 is 15.1 Å². The Kier molecular flexibility index (Phi) is 5.18. The summed E-state index contributed by atoms with van der Waals surface area (Å²) in [7, 11) is 2.06. The van der Waals surface area contributed by atoms with Crippen LogP contribution in [0.4, 0.5) is 14.6 Å². The molecule has 25 heavy (non-hydrogen) atoms. The molecule has 132 valence electrons. The van der Waals surface area contributed by atoms with Gasteiger partial charge in [0.1, 0.15) is 29.5 Å². The fraction of sp³-hybridized carbons (Fsp3) is 0.353. The Morgan fingerprint density at radius 3 is 2.64 bits per heavy atom. The lowest BCUT2D eigenvalue weighted by Gasteiger charge is -2.33.